The first-order valence-electron chi connectivity index (χ1n) is 10.4. The van der Waals surface area contributed by atoms with Gasteiger partial charge in [0, 0.05) is 26.6 Å². The zero-order valence-corrected chi connectivity index (χ0v) is 17.6. The van der Waals surface area contributed by atoms with E-state index in [0.717, 1.165) is 18.5 Å². The Balaban J connectivity index is 1.49. The lowest BCUT2D eigenvalue weighted by molar-refractivity contribution is -0.132. The van der Waals surface area contributed by atoms with Crippen molar-refractivity contribution in [3.63, 3.8) is 0 Å². The molecule has 0 radical (unpaired) electrons. The molecule has 9 heteroatoms. The normalized spacial score (nSPS) is 17.5. The van der Waals surface area contributed by atoms with E-state index >= 15 is 0 Å². The van der Waals surface area contributed by atoms with Crippen LogP contribution >= 0.6 is 0 Å². The summed E-state index contributed by atoms with van der Waals surface area (Å²) in [5.74, 6) is -1.33. The van der Waals surface area contributed by atoms with Crippen LogP contribution in [0.4, 0.5) is 4.39 Å². The number of amides is 1. The summed E-state index contributed by atoms with van der Waals surface area (Å²) in [6.45, 7) is 1.61. The summed E-state index contributed by atoms with van der Waals surface area (Å²) in [4.78, 5) is 24.1. The molecule has 0 aliphatic carbocycles. The molecule has 0 saturated carbocycles. The maximum atomic E-state index is 14.8. The average Bonchev–Trinajstić information content (AvgIpc) is 2.97. The Morgan fingerprint density at radius 3 is 2.91 bits per heavy atom. The maximum Gasteiger partial charge on any atom is 0.419 e. The second-order valence-electron chi connectivity index (χ2n) is 7.73. The van der Waals surface area contributed by atoms with Crippen LogP contribution in [0.3, 0.4) is 0 Å². The van der Waals surface area contributed by atoms with Gasteiger partial charge in [0.15, 0.2) is 5.58 Å². The van der Waals surface area contributed by atoms with Gasteiger partial charge in [0.1, 0.15) is 18.0 Å². The number of nitrogens with zero attached hydrogens (tertiary/aromatic N) is 2. The molecule has 2 atom stereocenters. The molecule has 2 unspecified atom stereocenters. The number of aryl methyl sites for hydroxylation is 1. The number of nitriles is 1. The Morgan fingerprint density at radius 1 is 1.34 bits per heavy atom. The Morgan fingerprint density at radius 2 is 2.12 bits per heavy atom. The van der Waals surface area contributed by atoms with Crippen molar-refractivity contribution in [2.75, 3.05) is 19.7 Å². The molecule has 2 heterocycles. The molecule has 0 spiro atoms. The SMILES string of the molecule is Cn1c(=O)oc2ccc(-c3ccc(CC(C#N)NC(=O)C4CNCCCO4)c(F)c3)cc21. The monoisotopic (exact) mass is 438 g/mol. The Hall–Kier alpha value is -3.48. The van der Waals surface area contributed by atoms with Crippen LogP contribution in [0, 0.1) is 17.1 Å². The fourth-order valence-electron chi connectivity index (χ4n) is 3.70. The third kappa shape index (κ3) is 4.56. The van der Waals surface area contributed by atoms with Crippen LogP contribution in [0.5, 0.6) is 0 Å². The van der Waals surface area contributed by atoms with Crippen LogP contribution in [-0.2, 0) is 23.0 Å². The number of aromatic nitrogens is 1. The zero-order valence-electron chi connectivity index (χ0n) is 17.6. The molecule has 1 saturated heterocycles. The third-order valence-corrected chi connectivity index (χ3v) is 5.51. The summed E-state index contributed by atoms with van der Waals surface area (Å²) in [6, 6.07) is 11.0. The largest absolute Gasteiger partial charge is 0.419 e. The third-order valence-electron chi connectivity index (χ3n) is 5.51. The van der Waals surface area contributed by atoms with Crippen LogP contribution < -0.4 is 16.4 Å². The molecule has 2 N–H and O–H groups in total. The quantitative estimate of drug-likeness (QED) is 0.630. The van der Waals surface area contributed by atoms with Gasteiger partial charge in [-0.3, -0.25) is 9.36 Å². The summed E-state index contributed by atoms with van der Waals surface area (Å²) < 4.78 is 26.9. The number of nitrogens with one attached hydrogen (secondary N) is 2. The summed E-state index contributed by atoms with van der Waals surface area (Å²) in [5.41, 5.74) is 2.73. The minimum Gasteiger partial charge on any atom is -0.408 e. The van der Waals surface area contributed by atoms with Crippen molar-refractivity contribution in [1.82, 2.24) is 15.2 Å². The van der Waals surface area contributed by atoms with Gasteiger partial charge in [-0.05, 0) is 47.9 Å². The smallest absolute Gasteiger partial charge is 0.408 e. The van der Waals surface area contributed by atoms with E-state index in [9.17, 15) is 19.2 Å². The number of ether oxygens (including phenoxy) is 1. The minimum absolute atomic E-state index is 0.0315. The van der Waals surface area contributed by atoms with Gasteiger partial charge in [0.25, 0.3) is 5.91 Å². The molecule has 8 nitrogen and oxygen atoms in total. The fourth-order valence-corrected chi connectivity index (χ4v) is 3.70. The number of carbonyl (C=O) groups is 1. The number of benzene rings is 2. The van der Waals surface area contributed by atoms with E-state index in [4.69, 9.17) is 9.15 Å². The first-order chi connectivity index (χ1) is 15.5. The first kappa shape index (κ1) is 21.7. The number of oxazole rings is 1. The molecule has 2 aromatic carbocycles. The van der Waals surface area contributed by atoms with Crippen LogP contribution in [0.25, 0.3) is 22.2 Å². The highest BCUT2D eigenvalue weighted by molar-refractivity contribution is 5.82. The van der Waals surface area contributed by atoms with Crippen LogP contribution in [-0.4, -0.2) is 42.3 Å². The van der Waals surface area contributed by atoms with Gasteiger partial charge in [0.2, 0.25) is 0 Å². The van der Waals surface area contributed by atoms with E-state index in [2.05, 4.69) is 10.6 Å². The predicted octanol–water partition coefficient (Wildman–Crippen LogP) is 1.87. The summed E-state index contributed by atoms with van der Waals surface area (Å²) in [5, 5.41) is 15.2. The molecule has 1 aliphatic heterocycles. The molecule has 1 aliphatic rings. The average molecular weight is 438 g/mol. The molecule has 1 fully saturated rings. The van der Waals surface area contributed by atoms with Gasteiger partial charge in [-0.2, -0.15) is 5.26 Å². The van der Waals surface area contributed by atoms with Gasteiger partial charge in [-0.1, -0.05) is 18.2 Å². The lowest BCUT2D eigenvalue weighted by Crippen LogP contribution is -2.46. The van der Waals surface area contributed by atoms with Crippen molar-refractivity contribution in [3.05, 3.63) is 58.3 Å². The van der Waals surface area contributed by atoms with Gasteiger partial charge in [-0.25, -0.2) is 9.18 Å². The number of hydrogen-bond donors (Lipinski definition) is 2. The number of hydrogen-bond acceptors (Lipinski definition) is 6. The van der Waals surface area contributed by atoms with Crippen molar-refractivity contribution in [2.45, 2.75) is 25.0 Å². The Bertz CT molecular complexity index is 1240. The van der Waals surface area contributed by atoms with Gasteiger partial charge in [0.05, 0.1) is 11.6 Å². The highest BCUT2D eigenvalue weighted by atomic mass is 19.1. The molecule has 4 rings (SSSR count). The van der Waals surface area contributed by atoms with Gasteiger partial charge in [-0.15, -0.1) is 0 Å². The molecule has 3 aromatic rings. The summed E-state index contributed by atoms with van der Waals surface area (Å²) >= 11 is 0. The van der Waals surface area contributed by atoms with Crippen molar-refractivity contribution in [3.8, 4) is 17.2 Å². The minimum atomic E-state index is -0.883. The molecule has 1 aromatic heterocycles. The summed E-state index contributed by atoms with van der Waals surface area (Å²) in [7, 11) is 1.61. The van der Waals surface area contributed by atoms with Gasteiger partial charge < -0.3 is 19.8 Å². The highest BCUT2D eigenvalue weighted by Gasteiger charge is 2.24. The number of carbonyl (C=O) groups excluding carboxylic acids is 1. The van der Waals surface area contributed by atoms with Crippen molar-refractivity contribution >= 4 is 17.0 Å². The van der Waals surface area contributed by atoms with E-state index in [1.165, 1.54) is 10.6 Å². The Kier molecular flexibility index (Phi) is 6.35. The second kappa shape index (κ2) is 9.34. The molecular weight excluding hydrogens is 415 g/mol. The molecular formula is C23H23FN4O4. The van der Waals surface area contributed by atoms with Crippen LogP contribution in [0.15, 0.2) is 45.6 Å². The number of halogens is 1. The number of fused-ring (bicyclic) bond motifs is 1. The van der Waals surface area contributed by atoms with Gasteiger partial charge >= 0.3 is 5.76 Å². The van der Waals surface area contributed by atoms with E-state index in [-0.39, 0.29) is 12.3 Å². The molecule has 1 amide bonds. The van der Waals surface area contributed by atoms with E-state index < -0.39 is 23.7 Å². The van der Waals surface area contributed by atoms with E-state index in [1.807, 2.05) is 6.07 Å². The van der Waals surface area contributed by atoms with E-state index in [1.54, 1.807) is 37.4 Å². The van der Waals surface area contributed by atoms with Crippen LogP contribution in [0.1, 0.15) is 12.0 Å². The lowest BCUT2D eigenvalue weighted by atomic mass is 10.00. The Labute approximate surface area is 183 Å². The van der Waals surface area contributed by atoms with Crippen molar-refractivity contribution in [2.24, 2.45) is 7.05 Å². The standard InChI is InChI=1S/C23H23FN4O4/c1-28-19-11-15(5-6-20(19)32-23(28)30)14-3-4-16(18(24)10-14)9-17(12-25)27-22(29)21-13-26-7-2-8-31-21/h3-6,10-11,17,21,26H,2,7-9,13H2,1H3,(H,27,29). The predicted molar refractivity (Wildman–Crippen MR) is 115 cm³/mol. The highest BCUT2D eigenvalue weighted by Crippen LogP contribution is 2.26. The van der Waals surface area contributed by atoms with Crippen molar-refractivity contribution < 1.29 is 18.3 Å². The van der Waals surface area contributed by atoms with E-state index in [0.29, 0.717) is 35.4 Å². The zero-order chi connectivity index (χ0) is 22.7. The molecule has 0 bridgehead atoms. The van der Waals surface area contributed by atoms with Crippen molar-refractivity contribution in [1.29, 1.82) is 5.26 Å². The lowest BCUT2D eigenvalue weighted by Gasteiger charge is -2.18. The number of rotatable bonds is 5. The first-order valence-corrected chi connectivity index (χ1v) is 10.4. The maximum absolute atomic E-state index is 14.8. The summed E-state index contributed by atoms with van der Waals surface area (Å²) in [6.07, 6.45) is 0.172. The topological polar surface area (TPSA) is 109 Å². The second-order valence-corrected chi connectivity index (χ2v) is 7.73. The van der Waals surface area contributed by atoms with Crippen LogP contribution in [0.2, 0.25) is 0 Å². The molecule has 166 valence electrons. The fraction of sp³-hybridized carbons (Fsp3) is 0.348. The molecule has 32 heavy (non-hydrogen) atoms.